The van der Waals surface area contributed by atoms with E-state index in [0.29, 0.717) is 16.4 Å². The first-order valence-corrected chi connectivity index (χ1v) is 11.1. The number of rotatable bonds is 9. The maximum absolute atomic E-state index is 12.4. The Hall–Kier alpha value is -3.27. The van der Waals surface area contributed by atoms with Crippen LogP contribution >= 0.6 is 11.3 Å². The summed E-state index contributed by atoms with van der Waals surface area (Å²) in [4.78, 5) is 37.9. The maximum atomic E-state index is 12.4. The fourth-order valence-electron chi connectivity index (χ4n) is 2.77. The summed E-state index contributed by atoms with van der Waals surface area (Å²) in [6.07, 6.45) is 0. The van der Waals surface area contributed by atoms with Crippen molar-refractivity contribution in [3.63, 3.8) is 0 Å². The van der Waals surface area contributed by atoms with Crippen LogP contribution in [0, 0.1) is 0 Å². The average molecular weight is 479 g/mol. The first-order chi connectivity index (χ1) is 15.6. The van der Waals surface area contributed by atoms with Crippen molar-refractivity contribution in [3.05, 3.63) is 45.1 Å². The molecule has 1 aromatic heterocycles. The van der Waals surface area contributed by atoms with Gasteiger partial charge in [-0.15, -0.1) is 11.3 Å². The van der Waals surface area contributed by atoms with E-state index in [2.05, 4.69) is 10.6 Å². The third kappa shape index (κ3) is 7.67. The number of thiophene rings is 1. The molecule has 0 spiro atoms. The summed E-state index contributed by atoms with van der Waals surface area (Å²) < 4.78 is 21.0. The molecule has 2 N–H and O–H groups in total. The molecular weight excluding hydrogens is 448 g/mol. The van der Waals surface area contributed by atoms with E-state index in [9.17, 15) is 14.4 Å². The second kappa shape index (κ2) is 11.6. The number of esters is 2. The molecule has 1 aromatic carbocycles. The number of amides is 2. The summed E-state index contributed by atoms with van der Waals surface area (Å²) in [6, 6.07) is 6.28. The molecule has 0 unspecified atom stereocenters. The normalized spacial score (nSPS) is 10.8. The molecule has 2 aromatic rings. The van der Waals surface area contributed by atoms with Gasteiger partial charge in [0.25, 0.3) is 0 Å². The van der Waals surface area contributed by atoms with Gasteiger partial charge in [-0.05, 0) is 45.9 Å². The molecule has 33 heavy (non-hydrogen) atoms. The molecule has 9 nitrogen and oxygen atoms in total. The van der Waals surface area contributed by atoms with Crippen LogP contribution in [0.15, 0.2) is 24.3 Å². The SMILES string of the molecule is CCOC(=O)c1cc(C(=O)OC(C)(C)C)sc1CNC(=O)NCc1ccc(OC)cc1OC. The fraction of sp³-hybridized carbons (Fsp3) is 0.435. The maximum Gasteiger partial charge on any atom is 0.348 e. The lowest BCUT2D eigenvalue weighted by Crippen LogP contribution is -2.34. The summed E-state index contributed by atoms with van der Waals surface area (Å²) in [5.41, 5.74) is 0.315. The number of hydrogen-bond donors (Lipinski definition) is 2. The summed E-state index contributed by atoms with van der Waals surface area (Å²) in [5.74, 6) is 0.119. The second-order valence-corrected chi connectivity index (χ2v) is 9.02. The van der Waals surface area contributed by atoms with Crippen LogP contribution in [-0.2, 0) is 22.6 Å². The summed E-state index contributed by atoms with van der Waals surface area (Å²) in [7, 11) is 3.10. The molecule has 2 amide bonds. The Morgan fingerprint density at radius 3 is 2.27 bits per heavy atom. The van der Waals surface area contributed by atoms with Gasteiger partial charge in [-0.1, -0.05) is 0 Å². The smallest absolute Gasteiger partial charge is 0.348 e. The third-order valence-corrected chi connectivity index (χ3v) is 5.36. The summed E-state index contributed by atoms with van der Waals surface area (Å²) in [5, 5.41) is 5.44. The molecule has 0 saturated carbocycles. The van der Waals surface area contributed by atoms with Gasteiger partial charge in [0.2, 0.25) is 0 Å². The van der Waals surface area contributed by atoms with Gasteiger partial charge in [0, 0.05) is 23.1 Å². The van der Waals surface area contributed by atoms with Gasteiger partial charge in [-0.3, -0.25) is 0 Å². The molecule has 180 valence electrons. The Morgan fingerprint density at radius 2 is 1.67 bits per heavy atom. The monoisotopic (exact) mass is 478 g/mol. The van der Waals surface area contributed by atoms with Crippen LogP contribution in [0.3, 0.4) is 0 Å². The number of carbonyl (C=O) groups is 3. The van der Waals surface area contributed by atoms with Crippen molar-refractivity contribution < 1.29 is 33.3 Å². The fourth-order valence-corrected chi connectivity index (χ4v) is 3.73. The number of carbonyl (C=O) groups excluding carboxylic acids is 3. The first-order valence-electron chi connectivity index (χ1n) is 10.3. The van der Waals surface area contributed by atoms with Gasteiger partial charge in [-0.25, -0.2) is 14.4 Å². The highest BCUT2D eigenvalue weighted by Crippen LogP contribution is 2.26. The average Bonchev–Trinajstić information content (AvgIpc) is 3.20. The molecule has 0 atom stereocenters. The molecule has 1 heterocycles. The molecule has 0 aliphatic heterocycles. The van der Waals surface area contributed by atoms with Gasteiger partial charge < -0.3 is 29.6 Å². The molecule has 10 heteroatoms. The van der Waals surface area contributed by atoms with E-state index in [1.54, 1.807) is 53.0 Å². The van der Waals surface area contributed by atoms with E-state index in [0.717, 1.165) is 16.9 Å². The predicted molar refractivity (Wildman–Crippen MR) is 124 cm³/mol. The molecule has 0 bridgehead atoms. The van der Waals surface area contributed by atoms with Crippen LogP contribution in [0.4, 0.5) is 4.79 Å². The topological polar surface area (TPSA) is 112 Å². The van der Waals surface area contributed by atoms with Gasteiger partial charge in [-0.2, -0.15) is 0 Å². The van der Waals surface area contributed by atoms with Crippen LogP contribution in [0.25, 0.3) is 0 Å². The Balaban J connectivity index is 2.07. The Morgan fingerprint density at radius 1 is 0.970 bits per heavy atom. The predicted octanol–water partition coefficient (Wildman–Crippen LogP) is 3.90. The van der Waals surface area contributed by atoms with Crippen molar-refractivity contribution in [1.29, 1.82) is 0 Å². The zero-order chi connectivity index (χ0) is 24.6. The van der Waals surface area contributed by atoms with Crippen LogP contribution < -0.4 is 20.1 Å². The highest BCUT2D eigenvalue weighted by atomic mass is 32.1. The molecule has 0 aliphatic carbocycles. The lowest BCUT2D eigenvalue weighted by atomic mass is 10.2. The summed E-state index contributed by atoms with van der Waals surface area (Å²) in [6.45, 7) is 7.41. The lowest BCUT2D eigenvalue weighted by molar-refractivity contribution is 0.00751. The zero-order valence-electron chi connectivity index (χ0n) is 19.7. The highest BCUT2D eigenvalue weighted by Gasteiger charge is 2.24. The lowest BCUT2D eigenvalue weighted by Gasteiger charge is -2.18. The van der Waals surface area contributed by atoms with E-state index < -0.39 is 23.6 Å². The minimum Gasteiger partial charge on any atom is -0.497 e. The van der Waals surface area contributed by atoms with Crippen molar-refractivity contribution in [3.8, 4) is 11.5 Å². The van der Waals surface area contributed by atoms with Crippen molar-refractivity contribution in [2.24, 2.45) is 0 Å². The van der Waals surface area contributed by atoms with Gasteiger partial charge >= 0.3 is 18.0 Å². The largest absolute Gasteiger partial charge is 0.497 e. The molecule has 2 rings (SSSR count). The Kier molecular flexibility index (Phi) is 9.10. The number of urea groups is 1. The van der Waals surface area contributed by atoms with E-state index in [1.165, 1.54) is 13.2 Å². The molecule has 0 fully saturated rings. The van der Waals surface area contributed by atoms with Crippen LogP contribution in [0.5, 0.6) is 11.5 Å². The zero-order valence-corrected chi connectivity index (χ0v) is 20.5. The second-order valence-electron chi connectivity index (χ2n) is 7.88. The Labute approximate surface area is 197 Å². The highest BCUT2D eigenvalue weighted by molar-refractivity contribution is 7.14. The number of nitrogens with one attached hydrogen (secondary N) is 2. The van der Waals surface area contributed by atoms with Crippen LogP contribution in [0.1, 0.15) is 58.2 Å². The number of methoxy groups -OCH3 is 2. The standard InChI is InChI=1S/C23H30N2O7S/c1-7-31-20(26)16-11-18(21(27)32-23(2,3)4)33-19(16)13-25-22(28)24-12-14-8-9-15(29-5)10-17(14)30-6/h8-11H,7,12-13H2,1-6H3,(H2,24,25,28). The van der Waals surface area contributed by atoms with Crippen LogP contribution in [-0.4, -0.2) is 44.4 Å². The van der Waals surface area contributed by atoms with Gasteiger partial charge in [0.15, 0.2) is 0 Å². The van der Waals surface area contributed by atoms with E-state index in [1.807, 2.05) is 0 Å². The van der Waals surface area contributed by atoms with Crippen molar-refractivity contribution >= 4 is 29.3 Å². The molecule has 0 saturated heterocycles. The number of hydrogen-bond acceptors (Lipinski definition) is 8. The number of ether oxygens (including phenoxy) is 4. The van der Waals surface area contributed by atoms with Crippen LogP contribution in [0.2, 0.25) is 0 Å². The first kappa shape index (κ1) is 26.0. The quantitative estimate of drug-likeness (QED) is 0.526. The van der Waals surface area contributed by atoms with E-state index >= 15 is 0 Å². The van der Waals surface area contributed by atoms with Gasteiger partial charge in [0.1, 0.15) is 22.0 Å². The van der Waals surface area contributed by atoms with Crippen molar-refractivity contribution in [2.75, 3.05) is 20.8 Å². The van der Waals surface area contributed by atoms with E-state index in [-0.39, 0.29) is 30.1 Å². The third-order valence-electron chi connectivity index (χ3n) is 4.25. The van der Waals surface area contributed by atoms with Crippen molar-refractivity contribution in [2.45, 2.75) is 46.4 Å². The molecule has 0 radical (unpaired) electrons. The molecule has 0 aliphatic rings. The number of benzene rings is 1. The Bertz CT molecular complexity index is 995. The van der Waals surface area contributed by atoms with E-state index in [4.69, 9.17) is 18.9 Å². The van der Waals surface area contributed by atoms with Crippen molar-refractivity contribution in [1.82, 2.24) is 10.6 Å². The molecular formula is C23H30N2O7S. The minimum atomic E-state index is -0.675. The summed E-state index contributed by atoms with van der Waals surface area (Å²) >= 11 is 1.08. The minimum absolute atomic E-state index is 0.0349. The van der Waals surface area contributed by atoms with Gasteiger partial charge in [0.05, 0.1) is 32.9 Å².